The van der Waals surface area contributed by atoms with Gasteiger partial charge in [0.05, 0.1) is 6.61 Å². The first-order valence-corrected chi connectivity index (χ1v) is 9.58. The molecule has 6 nitrogen and oxygen atoms in total. The van der Waals surface area contributed by atoms with Crippen LogP contribution < -0.4 is 5.73 Å². The Bertz CT molecular complexity index is 965. The van der Waals surface area contributed by atoms with Gasteiger partial charge in [-0.25, -0.2) is 14.8 Å². The number of carbonyl (C=O) groups excluding carboxylic acids is 2. The Balaban J connectivity index is 1.91. The predicted molar refractivity (Wildman–Crippen MR) is 108 cm³/mol. The molecule has 2 N–H and O–H groups in total. The summed E-state index contributed by atoms with van der Waals surface area (Å²) in [5, 5.41) is -0.236. The monoisotopic (exact) mass is 393 g/mol. The van der Waals surface area contributed by atoms with E-state index in [9.17, 15) is 9.59 Å². The molecule has 3 aromatic rings. The largest absolute Gasteiger partial charge is 0.462 e. The molecule has 0 bridgehead atoms. The second kappa shape index (κ2) is 9.14. The molecule has 1 atom stereocenters. The number of nitrogen functional groups attached to an aromatic ring is 1. The fourth-order valence-corrected chi connectivity index (χ4v) is 3.57. The van der Waals surface area contributed by atoms with E-state index in [2.05, 4.69) is 9.97 Å². The quantitative estimate of drug-likeness (QED) is 0.281. The molecule has 0 unspecified atom stereocenters. The number of hydrogen-bond acceptors (Lipinski definition) is 7. The third-order valence-corrected chi connectivity index (χ3v) is 5.04. The number of thioether (sulfide) groups is 1. The smallest absolute Gasteiger partial charge is 0.343 e. The molecule has 7 heteroatoms. The van der Waals surface area contributed by atoms with Crippen molar-refractivity contribution in [3.8, 4) is 0 Å². The molecule has 0 aliphatic rings. The van der Waals surface area contributed by atoms with Gasteiger partial charge in [-0.3, -0.25) is 4.79 Å². The normalized spacial score (nSPS) is 11.6. The number of nitrogens with zero attached hydrogens (tertiary/aromatic N) is 2. The van der Waals surface area contributed by atoms with E-state index in [1.165, 1.54) is 18.0 Å². The van der Waals surface area contributed by atoms with Crippen LogP contribution in [0.1, 0.15) is 38.5 Å². The number of benzene rings is 2. The van der Waals surface area contributed by atoms with Crippen LogP contribution in [0.2, 0.25) is 0 Å². The molecule has 0 saturated heterocycles. The zero-order chi connectivity index (χ0) is 19.9. The highest BCUT2D eigenvalue weighted by Crippen LogP contribution is 2.36. The van der Waals surface area contributed by atoms with Crippen LogP contribution in [0.15, 0.2) is 72.0 Å². The van der Waals surface area contributed by atoms with Crippen molar-refractivity contribution in [3.63, 3.8) is 0 Å². The van der Waals surface area contributed by atoms with Gasteiger partial charge in [-0.05, 0) is 12.5 Å². The Morgan fingerprint density at radius 3 is 2.32 bits per heavy atom. The standard InChI is InChI=1S/C21H19N3O3S/c1-2-27-20(26)16-13-23-21(24-19(16)22)28-18(15-11-7-4-8-12-15)17(25)14-9-5-3-6-10-14/h3-13,18H,2H2,1H3,(H2,22,23,24)/t18-/m0/s1. The van der Waals surface area contributed by atoms with Crippen LogP contribution in [0.4, 0.5) is 5.82 Å². The van der Waals surface area contributed by atoms with Crippen LogP contribution in [0, 0.1) is 0 Å². The number of esters is 1. The Labute approximate surface area is 167 Å². The molecule has 0 amide bonds. The SMILES string of the molecule is CCOC(=O)c1cnc(S[C@H](C(=O)c2ccccc2)c2ccccc2)nc1N. The number of anilines is 1. The van der Waals surface area contributed by atoms with Gasteiger partial charge in [0.1, 0.15) is 16.6 Å². The Morgan fingerprint density at radius 1 is 1.07 bits per heavy atom. The number of hydrogen-bond donors (Lipinski definition) is 1. The van der Waals surface area contributed by atoms with Crippen LogP contribution in [0.25, 0.3) is 0 Å². The molecule has 28 heavy (non-hydrogen) atoms. The molecule has 0 aliphatic heterocycles. The van der Waals surface area contributed by atoms with Gasteiger partial charge < -0.3 is 10.5 Å². The first kappa shape index (κ1) is 19.6. The summed E-state index contributed by atoms with van der Waals surface area (Å²) in [6.07, 6.45) is 1.33. The fourth-order valence-electron chi connectivity index (χ4n) is 2.56. The van der Waals surface area contributed by atoms with Crippen LogP contribution in [-0.4, -0.2) is 28.3 Å². The fraction of sp³-hybridized carbons (Fsp3) is 0.143. The molecule has 2 aromatic carbocycles. The van der Waals surface area contributed by atoms with E-state index < -0.39 is 11.2 Å². The zero-order valence-corrected chi connectivity index (χ0v) is 16.1. The third-order valence-electron chi connectivity index (χ3n) is 3.91. The molecule has 0 radical (unpaired) electrons. The van der Waals surface area contributed by atoms with Crippen molar-refractivity contribution in [2.75, 3.05) is 12.3 Å². The van der Waals surface area contributed by atoms with Crippen LogP contribution in [0.3, 0.4) is 0 Å². The molecular weight excluding hydrogens is 374 g/mol. The second-order valence-electron chi connectivity index (χ2n) is 5.81. The second-order valence-corrected chi connectivity index (χ2v) is 6.88. The third kappa shape index (κ3) is 4.55. The number of nitrogens with two attached hydrogens (primary N) is 1. The summed E-state index contributed by atoms with van der Waals surface area (Å²) >= 11 is 1.19. The van der Waals surface area contributed by atoms with E-state index in [1.807, 2.05) is 48.5 Å². The number of ketones is 1. The molecule has 0 fully saturated rings. The Kier molecular flexibility index (Phi) is 6.39. The van der Waals surface area contributed by atoms with Crippen molar-refractivity contribution in [1.82, 2.24) is 9.97 Å². The van der Waals surface area contributed by atoms with Gasteiger partial charge >= 0.3 is 5.97 Å². The van der Waals surface area contributed by atoms with Crippen molar-refractivity contribution in [1.29, 1.82) is 0 Å². The predicted octanol–water partition coefficient (Wildman–Crippen LogP) is 3.95. The van der Waals surface area contributed by atoms with E-state index in [-0.39, 0.29) is 23.8 Å². The number of Topliss-reactive ketones (excluding diaryl/α,β-unsaturated/α-hetero) is 1. The summed E-state index contributed by atoms with van der Waals surface area (Å²) in [5.41, 5.74) is 7.44. The van der Waals surface area contributed by atoms with Gasteiger partial charge in [-0.2, -0.15) is 0 Å². The first-order valence-electron chi connectivity index (χ1n) is 8.70. The highest BCUT2D eigenvalue weighted by Gasteiger charge is 2.25. The number of carbonyl (C=O) groups is 2. The van der Waals surface area contributed by atoms with Crippen molar-refractivity contribution in [2.45, 2.75) is 17.3 Å². The van der Waals surface area contributed by atoms with Gasteiger partial charge in [0.25, 0.3) is 0 Å². The van der Waals surface area contributed by atoms with Crippen molar-refractivity contribution >= 4 is 29.3 Å². The lowest BCUT2D eigenvalue weighted by atomic mass is 10.0. The van der Waals surface area contributed by atoms with Crippen molar-refractivity contribution in [2.24, 2.45) is 0 Å². The van der Waals surface area contributed by atoms with Gasteiger partial charge in [0.2, 0.25) is 0 Å². The molecule has 3 rings (SSSR count). The summed E-state index contributed by atoms with van der Waals surface area (Å²) in [6.45, 7) is 1.94. The molecule has 1 aromatic heterocycles. The molecule has 142 valence electrons. The van der Waals surface area contributed by atoms with Crippen LogP contribution in [0.5, 0.6) is 0 Å². The summed E-state index contributed by atoms with van der Waals surface area (Å²) < 4.78 is 4.94. The van der Waals surface area contributed by atoms with Gasteiger partial charge in [-0.15, -0.1) is 0 Å². The van der Waals surface area contributed by atoms with Crippen molar-refractivity contribution < 1.29 is 14.3 Å². The molecule has 0 spiro atoms. The number of rotatable bonds is 7. The van der Waals surface area contributed by atoms with E-state index in [0.717, 1.165) is 5.56 Å². The Hall–Kier alpha value is -3.19. The number of aromatic nitrogens is 2. The molecule has 0 aliphatic carbocycles. The minimum atomic E-state index is -0.573. The highest BCUT2D eigenvalue weighted by molar-refractivity contribution is 8.00. The van der Waals surface area contributed by atoms with Crippen molar-refractivity contribution in [3.05, 3.63) is 83.6 Å². The molecule has 0 saturated carbocycles. The lowest BCUT2D eigenvalue weighted by molar-refractivity contribution is 0.0526. The summed E-state index contributed by atoms with van der Waals surface area (Å²) in [5.74, 6) is -0.611. The Morgan fingerprint density at radius 2 is 1.71 bits per heavy atom. The minimum Gasteiger partial charge on any atom is -0.462 e. The van der Waals surface area contributed by atoms with Crippen LogP contribution in [-0.2, 0) is 4.74 Å². The number of ether oxygens (including phenoxy) is 1. The summed E-state index contributed by atoms with van der Waals surface area (Å²) in [7, 11) is 0. The maximum atomic E-state index is 13.1. The average Bonchev–Trinajstić information content (AvgIpc) is 2.73. The van der Waals surface area contributed by atoms with E-state index in [4.69, 9.17) is 10.5 Å². The topological polar surface area (TPSA) is 95.2 Å². The lowest BCUT2D eigenvalue weighted by Gasteiger charge is -2.15. The average molecular weight is 393 g/mol. The maximum Gasteiger partial charge on any atom is 0.343 e. The van der Waals surface area contributed by atoms with Gasteiger partial charge in [0.15, 0.2) is 10.9 Å². The first-order chi connectivity index (χ1) is 13.6. The van der Waals surface area contributed by atoms with E-state index in [1.54, 1.807) is 19.1 Å². The van der Waals surface area contributed by atoms with Crippen LogP contribution >= 0.6 is 11.8 Å². The summed E-state index contributed by atoms with van der Waals surface area (Å²) in [6, 6.07) is 18.5. The zero-order valence-electron chi connectivity index (χ0n) is 15.2. The minimum absolute atomic E-state index is 0.0231. The highest BCUT2D eigenvalue weighted by atomic mass is 32.2. The van der Waals surface area contributed by atoms with Gasteiger partial charge in [0, 0.05) is 11.8 Å². The lowest BCUT2D eigenvalue weighted by Crippen LogP contribution is -2.13. The van der Waals surface area contributed by atoms with E-state index in [0.29, 0.717) is 10.7 Å². The molecular formula is C21H19N3O3S. The van der Waals surface area contributed by atoms with E-state index >= 15 is 0 Å². The summed E-state index contributed by atoms with van der Waals surface area (Å²) in [4.78, 5) is 33.4. The molecule has 1 heterocycles. The maximum absolute atomic E-state index is 13.1. The van der Waals surface area contributed by atoms with Gasteiger partial charge in [-0.1, -0.05) is 72.4 Å².